The van der Waals surface area contributed by atoms with Crippen molar-refractivity contribution in [3.8, 4) is 0 Å². The van der Waals surface area contributed by atoms with Gasteiger partial charge in [-0.1, -0.05) is 55.1 Å². The molecule has 1 aromatic rings. The second kappa shape index (κ2) is 7.68. The van der Waals surface area contributed by atoms with E-state index in [1.165, 1.54) is 17.8 Å². The number of fused-ring (bicyclic) bond motifs is 1. The Balaban J connectivity index is 2.10. The van der Waals surface area contributed by atoms with Crippen LogP contribution < -0.4 is 0 Å². The van der Waals surface area contributed by atoms with Gasteiger partial charge in [-0.15, -0.1) is 0 Å². The van der Waals surface area contributed by atoms with Crippen molar-refractivity contribution in [2.75, 3.05) is 6.61 Å². The zero-order valence-electron chi connectivity index (χ0n) is 14.6. The summed E-state index contributed by atoms with van der Waals surface area (Å²) in [5.41, 5.74) is 1.71. The van der Waals surface area contributed by atoms with Crippen molar-refractivity contribution in [2.45, 2.75) is 31.6 Å². The van der Waals surface area contributed by atoms with Gasteiger partial charge in [0.2, 0.25) is 5.91 Å². The van der Waals surface area contributed by atoms with Gasteiger partial charge in [-0.25, -0.2) is 9.79 Å². The first-order valence-corrected chi connectivity index (χ1v) is 9.56. The van der Waals surface area contributed by atoms with Crippen molar-refractivity contribution in [3.63, 3.8) is 0 Å². The Hall–Kier alpha value is -2.05. The highest BCUT2D eigenvalue weighted by Crippen LogP contribution is 2.44. The maximum absolute atomic E-state index is 12.9. The minimum absolute atomic E-state index is 0.0438. The predicted octanol–water partition coefficient (Wildman–Crippen LogP) is 4.11. The van der Waals surface area contributed by atoms with Gasteiger partial charge >= 0.3 is 5.97 Å². The lowest BCUT2D eigenvalue weighted by Crippen LogP contribution is -2.40. The van der Waals surface area contributed by atoms with E-state index in [9.17, 15) is 9.59 Å². The van der Waals surface area contributed by atoms with Crippen LogP contribution in [0.3, 0.4) is 0 Å². The number of amides is 1. The zero-order valence-corrected chi connectivity index (χ0v) is 16.1. The molecule has 0 spiro atoms. The molecule has 7 heteroatoms. The van der Waals surface area contributed by atoms with Crippen LogP contribution in [0, 0.1) is 0 Å². The van der Waals surface area contributed by atoms with Crippen molar-refractivity contribution in [1.29, 1.82) is 0 Å². The molecule has 1 aromatic carbocycles. The molecule has 0 saturated carbocycles. The van der Waals surface area contributed by atoms with E-state index in [0.717, 1.165) is 5.56 Å². The van der Waals surface area contributed by atoms with Crippen LogP contribution in [0.5, 0.6) is 0 Å². The van der Waals surface area contributed by atoms with Crippen molar-refractivity contribution in [3.05, 3.63) is 58.8 Å². The van der Waals surface area contributed by atoms with Gasteiger partial charge in [-0.3, -0.25) is 9.69 Å². The summed E-state index contributed by atoms with van der Waals surface area (Å²) in [6.07, 6.45) is 2.20. The van der Waals surface area contributed by atoms with Crippen LogP contribution in [-0.4, -0.2) is 33.8 Å². The molecule has 2 aliphatic heterocycles. The molecule has 26 heavy (non-hydrogen) atoms. The Morgan fingerprint density at radius 2 is 2.12 bits per heavy atom. The number of carbonyl (C=O) groups excluding carboxylic acids is 2. The van der Waals surface area contributed by atoms with Crippen molar-refractivity contribution >= 4 is 40.4 Å². The van der Waals surface area contributed by atoms with E-state index in [0.29, 0.717) is 27.9 Å². The molecule has 1 fully saturated rings. The van der Waals surface area contributed by atoms with E-state index in [-0.39, 0.29) is 17.8 Å². The maximum atomic E-state index is 12.9. The number of ether oxygens (including phenoxy) is 1. The van der Waals surface area contributed by atoms with Gasteiger partial charge in [0.1, 0.15) is 6.61 Å². The first kappa shape index (κ1) is 18.7. The molecule has 2 heterocycles. The van der Waals surface area contributed by atoms with Gasteiger partial charge in [0, 0.05) is 5.02 Å². The molecule has 0 aliphatic carbocycles. The predicted molar refractivity (Wildman–Crippen MR) is 104 cm³/mol. The highest BCUT2D eigenvalue weighted by Gasteiger charge is 2.47. The number of benzene rings is 1. The lowest BCUT2D eigenvalue weighted by atomic mass is 9.94. The highest BCUT2D eigenvalue weighted by atomic mass is 35.5. The van der Waals surface area contributed by atoms with Crippen molar-refractivity contribution in [1.82, 2.24) is 4.90 Å². The molecule has 2 atom stereocenters. The number of allylic oxidation sites excluding steroid dienone is 1. The minimum atomic E-state index is -0.575. The van der Waals surface area contributed by atoms with Gasteiger partial charge in [0.05, 0.1) is 22.6 Å². The second-order valence-corrected chi connectivity index (χ2v) is 7.56. The summed E-state index contributed by atoms with van der Waals surface area (Å²) >= 11 is 7.45. The molecule has 0 radical (unpaired) electrons. The monoisotopic (exact) mass is 390 g/mol. The topological polar surface area (TPSA) is 59.0 Å². The molecule has 2 aliphatic rings. The fraction of sp³-hybridized carbons (Fsp3) is 0.316. The average molecular weight is 391 g/mol. The lowest BCUT2D eigenvalue weighted by molar-refractivity contribution is -0.139. The van der Waals surface area contributed by atoms with Crippen molar-refractivity contribution < 1.29 is 14.3 Å². The summed E-state index contributed by atoms with van der Waals surface area (Å²) < 4.78 is 5.26. The quantitative estimate of drug-likeness (QED) is 0.560. The summed E-state index contributed by atoms with van der Waals surface area (Å²) in [5.74, 6) is -0.541. The zero-order chi connectivity index (χ0) is 18.8. The van der Waals surface area contributed by atoms with Crippen LogP contribution in [-0.2, 0) is 14.3 Å². The lowest BCUT2D eigenvalue weighted by Gasteiger charge is -2.33. The molecule has 0 N–H and O–H groups in total. The normalized spacial score (nSPS) is 22.2. The molecule has 1 saturated heterocycles. The molecule has 5 nitrogen and oxygen atoms in total. The fourth-order valence-corrected chi connectivity index (χ4v) is 4.28. The molecule has 0 bridgehead atoms. The second-order valence-electron chi connectivity index (χ2n) is 5.96. The maximum Gasteiger partial charge on any atom is 0.338 e. The SMILES string of the molecule is C=CCOC(=O)C1=C(C)N=C2S[C@@H](CC)C(=O)N2[C@H]1c1ccc(Cl)cc1. The van der Waals surface area contributed by atoms with E-state index >= 15 is 0 Å². The first-order chi connectivity index (χ1) is 12.5. The highest BCUT2D eigenvalue weighted by molar-refractivity contribution is 8.15. The van der Waals surface area contributed by atoms with Crippen LogP contribution in [0.25, 0.3) is 0 Å². The number of amidine groups is 1. The Morgan fingerprint density at radius 3 is 2.73 bits per heavy atom. The molecule has 136 valence electrons. The summed E-state index contributed by atoms with van der Waals surface area (Å²) in [5, 5.41) is 1.02. The Morgan fingerprint density at radius 1 is 1.42 bits per heavy atom. The summed E-state index contributed by atoms with van der Waals surface area (Å²) in [6.45, 7) is 7.39. The number of rotatable bonds is 5. The van der Waals surface area contributed by atoms with Gasteiger partial charge in [-0.05, 0) is 31.0 Å². The minimum Gasteiger partial charge on any atom is -0.458 e. The van der Waals surface area contributed by atoms with Crippen LogP contribution in [0.15, 0.2) is 53.2 Å². The molecule has 0 aromatic heterocycles. The number of nitrogens with zero attached hydrogens (tertiary/aromatic N) is 2. The fourth-order valence-electron chi connectivity index (χ4n) is 3.02. The number of hydrogen-bond acceptors (Lipinski definition) is 5. The number of esters is 1. The van der Waals surface area contributed by atoms with E-state index in [1.807, 2.05) is 19.1 Å². The van der Waals surface area contributed by atoms with Crippen LogP contribution in [0.4, 0.5) is 0 Å². The van der Waals surface area contributed by atoms with Gasteiger partial charge < -0.3 is 4.74 Å². The largest absolute Gasteiger partial charge is 0.458 e. The van der Waals surface area contributed by atoms with E-state index in [2.05, 4.69) is 11.6 Å². The number of aliphatic imine (C=N–C) groups is 1. The third kappa shape index (κ3) is 3.31. The third-order valence-corrected chi connectivity index (χ3v) is 5.83. The summed E-state index contributed by atoms with van der Waals surface area (Å²) in [7, 11) is 0. The molecule has 1 amide bonds. The average Bonchev–Trinajstić information content (AvgIpc) is 2.94. The van der Waals surface area contributed by atoms with Crippen LogP contribution >= 0.6 is 23.4 Å². The summed E-state index contributed by atoms with van der Waals surface area (Å²) in [6, 6.07) is 6.56. The van der Waals surface area contributed by atoms with Gasteiger partial charge in [0.15, 0.2) is 5.17 Å². The van der Waals surface area contributed by atoms with E-state index in [4.69, 9.17) is 16.3 Å². The molecule has 3 rings (SSSR count). The molecular formula is C19H19ClN2O3S. The first-order valence-electron chi connectivity index (χ1n) is 8.30. The summed E-state index contributed by atoms with van der Waals surface area (Å²) in [4.78, 5) is 31.7. The molecular weight excluding hydrogens is 372 g/mol. The number of halogens is 1. The standard InChI is InChI=1S/C19H19ClN2O3S/c1-4-10-25-18(24)15-11(3)21-19-22(17(23)14(5-2)26-19)16(15)12-6-8-13(20)9-7-12/h4,6-9,14,16H,1,5,10H2,2-3H3/t14-,16-/m0/s1. The Kier molecular flexibility index (Phi) is 5.53. The Bertz CT molecular complexity index is 817. The number of thioether (sulfide) groups is 1. The van der Waals surface area contributed by atoms with Crippen LogP contribution in [0.2, 0.25) is 5.02 Å². The smallest absolute Gasteiger partial charge is 0.338 e. The van der Waals surface area contributed by atoms with Gasteiger partial charge in [0.25, 0.3) is 0 Å². The number of hydrogen-bond donors (Lipinski definition) is 0. The molecule has 0 unspecified atom stereocenters. The third-order valence-electron chi connectivity index (χ3n) is 4.26. The Labute approximate surface area is 161 Å². The number of carbonyl (C=O) groups is 2. The van der Waals surface area contributed by atoms with Gasteiger partial charge in [-0.2, -0.15) is 0 Å². The van der Waals surface area contributed by atoms with E-state index < -0.39 is 12.0 Å². The van der Waals surface area contributed by atoms with Crippen LogP contribution in [0.1, 0.15) is 31.9 Å². The van der Waals surface area contributed by atoms with Crippen molar-refractivity contribution in [2.24, 2.45) is 4.99 Å². The van der Waals surface area contributed by atoms with E-state index in [1.54, 1.807) is 24.0 Å².